The number of nitrogens with zero attached hydrogens (tertiary/aromatic N) is 1. The van der Waals surface area contributed by atoms with Crippen LogP contribution in [0.5, 0.6) is 0 Å². The van der Waals surface area contributed by atoms with Crippen LogP contribution in [0.2, 0.25) is 0 Å². The number of hydrogen-bond acceptors (Lipinski definition) is 3. The third-order valence-corrected chi connectivity index (χ3v) is 6.86. The second-order valence-electron chi connectivity index (χ2n) is 9.66. The molecule has 5 rings (SSSR count). The fourth-order valence-corrected chi connectivity index (χ4v) is 4.69. The van der Waals surface area contributed by atoms with Crippen LogP contribution in [-0.4, -0.2) is 21.7 Å². The molecule has 1 unspecified atom stereocenters. The molecule has 1 amide bonds. The number of aromatic nitrogens is 2. The van der Waals surface area contributed by atoms with Crippen molar-refractivity contribution < 1.29 is 14.0 Å². The first-order chi connectivity index (χ1) is 15.9. The summed E-state index contributed by atoms with van der Waals surface area (Å²) < 4.78 is 13.5. The van der Waals surface area contributed by atoms with Gasteiger partial charge in [0.05, 0.1) is 5.69 Å². The molecule has 3 aromatic rings. The van der Waals surface area contributed by atoms with Gasteiger partial charge in [-0.3, -0.25) is 9.59 Å². The number of carbonyl (C=O) groups is 2. The maximum atomic E-state index is 13.5. The minimum Gasteiger partial charge on any atom is -0.358 e. The van der Waals surface area contributed by atoms with Gasteiger partial charge in [-0.05, 0) is 66.5 Å². The van der Waals surface area contributed by atoms with Gasteiger partial charge in [0.25, 0.3) is 0 Å². The lowest BCUT2D eigenvalue weighted by Gasteiger charge is -2.25. The lowest BCUT2D eigenvalue weighted by atomic mass is 9.79. The molecule has 0 saturated heterocycles. The van der Waals surface area contributed by atoms with Gasteiger partial charge >= 0.3 is 0 Å². The standard InChI is InChI=1S/C27H28FN3O2/c1-15(2)19-12-22-25(23(32)13-19)21(11-16-3-7-20(28)8-4-16)26(30-22)18-9-10-29-24(14-18)31-27(33)17-5-6-17/h3-4,7-10,14-15,17,19,30H,5-6,11-13H2,1-2H3,(H,29,31,33). The number of carbonyl (C=O) groups excluding carboxylic acids is 2. The number of aromatic amines is 1. The molecule has 2 aliphatic rings. The van der Waals surface area contributed by atoms with Crippen LogP contribution in [-0.2, 0) is 17.6 Å². The summed E-state index contributed by atoms with van der Waals surface area (Å²) in [5, 5.41) is 2.91. The number of H-pyrrole nitrogens is 1. The third-order valence-electron chi connectivity index (χ3n) is 6.86. The van der Waals surface area contributed by atoms with Crippen LogP contribution in [0, 0.1) is 23.6 Å². The molecule has 1 saturated carbocycles. The van der Waals surface area contributed by atoms with Crippen molar-refractivity contribution in [1.82, 2.24) is 9.97 Å². The molecule has 6 heteroatoms. The molecule has 1 fully saturated rings. The van der Waals surface area contributed by atoms with Gasteiger partial charge in [0.2, 0.25) is 5.91 Å². The van der Waals surface area contributed by atoms with Crippen LogP contribution >= 0.6 is 0 Å². The highest BCUT2D eigenvalue weighted by atomic mass is 19.1. The number of halogens is 1. The van der Waals surface area contributed by atoms with Crippen molar-refractivity contribution in [1.29, 1.82) is 0 Å². The van der Waals surface area contributed by atoms with Gasteiger partial charge < -0.3 is 10.3 Å². The number of Topliss-reactive ketones (excluding diaryl/α,β-unsaturated/α-hetero) is 1. The number of anilines is 1. The summed E-state index contributed by atoms with van der Waals surface area (Å²) in [6.07, 6.45) is 5.41. The maximum absolute atomic E-state index is 13.5. The topological polar surface area (TPSA) is 74.8 Å². The predicted molar refractivity (Wildman–Crippen MR) is 126 cm³/mol. The molecule has 0 radical (unpaired) electrons. The Morgan fingerprint density at radius 2 is 1.94 bits per heavy atom. The van der Waals surface area contributed by atoms with Crippen molar-refractivity contribution >= 4 is 17.5 Å². The Balaban J connectivity index is 1.56. The van der Waals surface area contributed by atoms with Crippen LogP contribution in [0.3, 0.4) is 0 Å². The number of benzene rings is 1. The van der Waals surface area contributed by atoms with Crippen LogP contribution in [0.25, 0.3) is 11.3 Å². The Morgan fingerprint density at radius 3 is 2.64 bits per heavy atom. The van der Waals surface area contributed by atoms with Crippen molar-refractivity contribution in [3.8, 4) is 11.3 Å². The van der Waals surface area contributed by atoms with E-state index >= 15 is 0 Å². The van der Waals surface area contributed by atoms with Crippen molar-refractivity contribution in [2.45, 2.75) is 46.0 Å². The molecular weight excluding hydrogens is 417 g/mol. The summed E-state index contributed by atoms with van der Waals surface area (Å²) in [6, 6.07) is 10.2. The summed E-state index contributed by atoms with van der Waals surface area (Å²) in [6.45, 7) is 4.31. The van der Waals surface area contributed by atoms with E-state index in [1.807, 2.05) is 12.1 Å². The largest absolute Gasteiger partial charge is 0.358 e. The van der Waals surface area contributed by atoms with E-state index < -0.39 is 0 Å². The van der Waals surface area contributed by atoms with Gasteiger partial charge in [0.1, 0.15) is 11.6 Å². The van der Waals surface area contributed by atoms with Crippen LogP contribution in [0.1, 0.15) is 60.3 Å². The summed E-state index contributed by atoms with van der Waals surface area (Å²) in [5.74, 6) is 1.21. The monoisotopic (exact) mass is 445 g/mol. The van der Waals surface area contributed by atoms with Gasteiger partial charge in [-0.25, -0.2) is 9.37 Å². The number of nitrogens with one attached hydrogen (secondary N) is 2. The van der Waals surface area contributed by atoms with Crippen molar-refractivity contribution in [3.05, 3.63) is 70.8 Å². The smallest absolute Gasteiger partial charge is 0.228 e. The minimum atomic E-state index is -0.281. The molecule has 1 atom stereocenters. The molecule has 0 aliphatic heterocycles. The number of rotatable bonds is 6. The van der Waals surface area contributed by atoms with Crippen molar-refractivity contribution in [2.24, 2.45) is 17.8 Å². The molecule has 2 aliphatic carbocycles. The molecule has 0 bridgehead atoms. The SMILES string of the molecule is CC(C)C1CC(=O)c2c([nH]c(-c3ccnc(NC(=O)C4CC4)c3)c2Cc2ccc(F)cc2)C1. The van der Waals surface area contributed by atoms with E-state index in [1.165, 1.54) is 12.1 Å². The molecule has 2 N–H and O–H groups in total. The van der Waals surface area contributed by atoms with Gasteiger partial charge in [0, 0.05) is 41.8 Å². The first kappa shape index (κ1) is 21.6. The lowest BCUT2D eigenvalue weighted by Crippen LogP contribution is -2.24. The fourth-order valence-electron chi connectivity index (χ4n) is 4.69. The van der Waals surface area contributed by atoms with Crippen molar-refractivity contribution in [3.63, 3.8) is 0 Å². The Kier molecular flexibility index (Phi) is 5.60. The number of amides is 1. The average Bonchev–Trinajstić information content (AvgIpc) is 3.58. The quantitative estimate of drug-likeness (QED) is 0.522. The Labute approximate surface area is 192 Å². The van der Waals surface area contributed by atoms with E-state index in [0.717, 1.165) is 52.9 Å². The second-order valence-corrected chi connectivity index (χ2v) is 9.66. The van der Waals surface area contributed by atoms with Crippen LogP contribution in [0.4, 0.5) is 10.2 Å². The van der Waals surface area contributed by atoms with E-state index in [2.05, 4.69) is 29.1 Å². The summed E-state index contributed by atoms with van der Waals surface area (Å²) >= 11 is 0. The van der Waals surface area contributed by atoms with Gasteiger partial charge in [-0.2, -0.15) is 0 Å². The molecule has 5 nitrogen and oxygen atoms in total. The summed E-state index contributed by atoms with van der Waals surface area (Å²) in [4.78, 5) is 33.3. The van der Waals surface area contributed by atoms with Crippen LogP contribution < -0.4 is 5.32 Å². The van der Waals surface area contributed by atoms with E-state index in [1.54, 1.807) is 18.3 Å². The molecule has 2 aromatic heterocycles. The Hall–Kier alpha value is -3.28. The van der Waals surface area contributed by atoms with Crippen molar-refractivity contribution in [2.75, 3.05) is 5.32 Å². The van der Waals surface area contributed by atoms with Gasteiger partial charge in [0.15, 0.2) is 5.78 Å². The molecule has 2 heterocycles. The second kappa shape index (κ2) is 8.58. The minimum absolute atomic E-state index is 0.00641. The molecule has 170 valence electrons. The molecule has 0 spiro atoms. The number of ketones is 1. The molecule has 1 aromatic carbocycles. The highest BCUT2D eigenvalue weighted by molar-refractivity contribution is 6.02. The maximum Gasteiger partial charge on any atom is 0.228 e. The number of hydrogen-bond donors (Lipinski definition) is 2. The zero-order chi connectivity index (χ0) is 23.1. The lowest BCUT2D eigenvalue weighted by molar-refractivity contribution is -0.117. The van der Waals surface area contributed by atoms with E-state index in [0.29, 0.717) is 30.5 Å². The Morgan fingerprint density at radius 1 is 1.18 bits per heavy atom. The van der Waals surface area contributed by atoms with E-state index in [-0.39, 0.29) is 23.4 Å². The molecule has 33 heavy (non-hydrogen) atoms. The highest BCUT2D eigenvalue weighted by Crippen LogP contribution is 2.38. The zero-order valence-corrected chi connectivity index (χ0v) is 19.0. The normalized spacial score (nSPS) is 17.8. The first-order valence-corrected chi connectivity index (χ1v) is 11.7. The van der Waals surface area contributed by atoms with Gasteiger partial charge in [-0.1, -0.05) is 26.0 Å². The fraction of sp³-hybridized carbons (Fsp3) is 0.370. The van der Waals surface area contributed by atoms with Gasteiger partial charge in [-0.15, -0.1) is 0 Å². The first-order valence-electron chi connectivity index (χ1n) is 11.7. The number of pyridine rings is 1. The summed E-state index contributed by atoms with van der Waals surface area (Å²) in [5.41, 5.74) is 5.34. The number of fused-ring (bicyclic) bond motifs is 1. The highest BCUT2D eigenvalue weighted by Gasteiger charge is 2.33. The zero-order valence-electron chi connectivity index (χ0n) is 19.0. The van der Waals surface area contributed by atoms with E-state index in [4.69, 9.17) is 0 Å². The van der Waals surface area contributed by atoms with Crippen LogP contribution in [0.15, 0.2) is 42.6 Å². The predicted octanol–water partition coefficient (Wildman–Crippen LogP) is 5.56. The summed E-state index contributed by atoms with van der Waals surface area (Å²) in [7, 11) is 0. The molecular formula is C27H28FN3O2. The Bertz CT molecular complexity index is 1210. The average molecular weight is 446 g/mol. The third kappa shape index (κ3) is 4.47. The van der Waals surface area contributed by atoms with E-state index in [9.17, 15) is 14.0 Å².